The van der Waals surface area contributed by atoms with Crippen molar-refractivity contribution < 1.29 is 23.5 Å². The Bertz CT molecular complexity index is 1280. The number of aliphatic hydroxyl groups is 1. The average molecular weight is 681 g/mol. The number of carbonyl (C=O) groups is 2. The fourth-order valence-electron chi connectivity index (χ4n) is 7.05. The second-order valence-corrected chi connectivity index (χ2v) is 12.1. The molecule has 1 spiro atoms. The van der Waals surface area contributed by atoms with Crippen LogP contribution in [0.2, 0.25) is 0 Å². The van der Waals surface area contributed by atoms with Crippen LogP contribution in [0.4, 0.5) is 8.78 Å². The number of aliphatic hydroxyl groups excluding tert-OH is 1. The van der Waals surface area contributed by atoms with Crippen molar-refractivity contribution in [3.63, 3.8) is 0 Å². The third-order valence-corrected chi connectivity index (χ3v) is 9.61. The molecule has 2 N–H and O–H groups in total. The summed E-state index contributed by atoms with van der Waals surface area (Å²) in [6.45, 7) is 8.11. The Kier molecular flexibility index (Phi) is 13.9. The van der Waals surface area contributed by atoms with E-state index in [1.165, 1.54) is 16.8 Å². The van der Waals surface area contributed by atoms with Gasteiger partial charge in [-0.15, -0.1) is 37.2 Å². The van der Waals surface area contributed by atoms with Crippen LogP contribution in [0.3, 0.4) is 0 Å². The van der Waals surface area contributed by atoms with Crippen LogP contribution in [0.15, 0.2) is 18.2 Å². The van der Waals surface area contributed by atoms with Gasteiger partial charge in [0.2, 0.25) is 11.8 Å². The Hall–Kier alpha value is -1.98. The number of unbranched alkanes of at least 4 members (excludes halogenated alkanes) is 1. The van der Waals surface area contributed by atoms with Crippen LogP contribution in [0.25, 0.3) is 5.69 Å². The van der Waals surface area contributed by atoms with E-state index in [9.17, 15) is 23.5 Å². The smallest absolute Gasteiger partial charge is 0.248 e. The molecule has 5 rings (SSSR count). The normalized spacial score (nSPS) is 21.2. The number of amides is 2. The van der Waals surface area contributed by atoms with Crippen LogP contribution in [-0.2, 0) is 16.1 Å². The number of halogens is 5. The Balaban J connectivity index is 0.00000225. The second kappa shape index (κ2) is 16.0. The van der Waals surface area contributed by atoms with E-state index in [1.54, 1.807) is 4.90 Å². The van der Waals surface area contributed by atoms with Gasteiger partial charge in [0.25, 0.3) is 0 Å². The lowest BCUT2D eigenvalue weighted by molar-refractivity contribution is -0.166. The van der Waals surface area contributed by atoms with Gasteiger partial charge in [0, 0.05) is 43.5 Å². The van der Waals surface area contributed by atoms with Crippen molar-refractivity contribution in [1.29, 1.82) is 0 Å². The molecule has 3 heterocycles. The first-order valence-electron chi connectivity index (χ1n) is 15.2. The first-order valence-corrected chi connectivity index (χ1v) is 15.2. The molecule has 1 saturated carbocycles. The molecular weight excluding hydrogens is 635 g/mol. The molecular formula is C31H46Cl3F2N5O3. The fourth-order valence-corrected chi connectivity index (χ4v) is 7.05. The number of piperidine rings is 1. The minimum atomic E-state index is -0.920. The molecule has 3 aliphatic rings. The fraction of sp³-hybridized carbons (Fsp3) is 0.645. The number of nitrogens with zero attached hydrogens (tertiary/aromatic N) is 4. The summed E-state index contributed by atoms with van der Waals surface area (Å²) in [7, 11) is 0. The predicted molar refractivity (Wildman–Crippen MR) is 173 cm³/mol. The zero-order chi connectivity index (χ0) is 29.3. The van der Waals surface area contributed by atoms with Crippen molar-refractivity contribution in [2.45, 2.75) is 103 Å². The highest BCUT2D eigenvalue weighted by molar-refractivity contribution is 6.00. The minimum absolute atomic E-state index is 0. The number of rotatable bonds is 8. The number of hydrogen-bond donors (Lipinski definition) is 2. The highest BCUT2D eigenvalue weighted by atomic mass is 35.5. The number of carbonyl (C=O) groups excluding carboxylic acids is 2. The van der Waals surface area contributed by atoms with E-state index in [-0.39, 0.29) is 60.6 Å². The Labute approximate surface area is 277 Å². The molecule has 1 aliphatic carbocycles. The van der Waals surface area contributed by atoms with Crippen molar-refractivity contribution >= 4 is 49.0 Å². The topological polar surface area (TPSA) is 90.7 Å². The van der Waals surface area contributed by atoms with Crippen molar-refractivity contribution in [2.75, 3.05) is 19.6 Å². The lowest BCUT2D eigenvalue weighted by Crippen LogP contribution is -2.75. The molecule has 3 fully saturated rings. The molecule has 8 nitrogen and oxygen atoms in total. The second-order valence-electron chi connectivity index (χ2n) is 12.1. The van der Waals surface area contributed by atoms with Crippen LogP contribution in [0.5, 0.6) is 0 Å². The van der Waals surface area contributed by atoms with Gasteiger partial charge < -0.3 is 15.3 Å². The largest absolute Gasteiger partial charge is 0.390 e. The molecule has 0 radical (unpaired) electrons. The number of hydrogen-bond acceptors (Lipinski definition) is 5. The minimum Gasteiger partial charge on any atom is -0.390 e. The number of nitrogens with one attached hydrogen (secondary N) is 1. The van der Waals surface area contributed by atoms with Crippen LogP contribution in [0, 0.1) is 31.4 Å². The van der Waals surface area contributed by atoms with Gasteiger partial charge in [-0.05, 0) is 64.0 Å². The van der Waals surface area contributed by atoms with Gasteiger partial charge in [-0.25, -0.2) is 13.5 Å². The first kappa shape index (κ1) is 38.2. The maximum atomic E-state index is 14.5. The standard InChI is InChI=1S/C31H43F2N5O3.3ClH/c1-4-5-15-37-29(40)27(28(39)22-9-7-6-8-10-22)34-30(41)31(37)13-16-36(17-14-31)19-24-20(2)35-38(21(24)3)26-12-11-23(32)18-25(26)33;;;/h11-12,18,22,27-28,39H,4-10,13-17,19H2,1-3H3,(H,34,41);3*1H/t27-,28-;;;/m1.../s1. The molecule has 2 aromatic rings. The number of aryl methyl sites for hydroxylation is 1. The van der Waals surface area contributed by atoms with Gasteiger partial charge >= 0.3 is 0 Å². The molecule has 1 aromatic heterocycles. The van der Waals surface area contributed by atoms with E-state index in [0.29, 0.717) is 39.0 Å². The van der Waals surface area contributed by atoms with E-state index in [4.69, 9.17) is 0 Å². The van der Waals surface area contributed by atoms with Gasteiger partial charge in [0.1, 0.15) is 23.1 Å². The maximum absolute atomic E-state index is 14.5. The molecule has 0 unspecified atom stereocenters. The molecule has 2 saturated heterocycles. The molecule has 13 heteroatoms. The van der Waals surface area contributed by atoms with E-state index >= 15 is 0 Å². The molecule has 248 valence electrons. The summed E-state index contributed by atoms with van der Waals surface area (Å²) in [5.74, 6) is -1.58. The van der Waals surface area contributed by atoms with Crippen molar-refractivity contribution in [1.82, 2.24) is 24.9 Å². The summed E-state index contributed by atoms with van der Waals surface area (Å²) in [6.07, 6.45) is 6.87. The Morgan fingerprint density at radius 1 is 1.07 bits per heavy atom. The van der Waals surface area contributed by atoms with Gasteiger partial charge in [0.05, 0.1) is 11.8 Å². The first-order chi connectivity index (χ1) is 19.7. The lowest BCUT2D eigenvalue weighted by Gasteiger charge is -2.52. The van der Waals surface area contributed by atoms with E-state index in [2.05, 4.69) is 22.2 Å². The number of benzene rings is 1. The Morgan fingerprint density at radius 2 is 1.73 bits per heavy atom. The monoisotopic (exact) mass is 679 g/mol. The van der Waals surface area contributed by atoms with Crippen molar-refractivity contribution in [3.05, 3.63) is 46.8 Å². The van der Waals surface area contributed by atoms with Crippen LogP contribution < -0.4 is 5.32 Å². The van der Waals surface area contributed by atoms with E-state index < -0.39 is 29.3 Å². The lowest BCUT2D eigenvalue weighted by atomic mass is 9.78. The summed E-state index contributed by atoms with van der Waals surface area (Å²) in [6, 6.07) is 2.59. The number of piperazine rings is 1. The van der Waals surface area contributed by atoms with Crippen LogP contribution in [0.1, 0.15) is 81.7 Å². The molecule has 1 aromatic carbocycles. The molecule has 2 amide bonds. The predicted octanol–water partition coefficient (Wildman–Crippen LogP) is 5.44. The Morgan fingerprint density at radius 3 is 2.34 bits per heavy atom. The zero-order valence-electron chi connectivity index (χ0n) is 25.7. The van der Waals surface area contributed by atoms with Crippen molar-refractivity contribution in [3.8, 4) is 5.69 Å². The average Bonchev–Trinajstić information content (AvgIpc) is 3.24. The highest BCUT2D eigenvalue weighted by Crippen LogP contribution is 2.37. The molecule has 0 bridgehead atoms. The van der Waals surface area contributed by atoms with Crippen LogP contribution >= 0.6 is 37.2 Å². The molecule has 44 heavy (non-hydrogen) atoms. The zero-order valence-corrected chi connectivity index (χ0v) is 28.1. The molecule has 2 atom stereocenters. The van der Waals surface area contributed by atoms with Crippen LogP contribution in [-0.4, -0.2) is 73.8 Å². The molecule has 2 aliphatic heterocycles. The van der Waals surface area contributed by atoms with E-state index in [1.807, 2.05) is 13.8 Å². The summed E-state index contributed by atoms with van der Waals surface area (Å²) in [4.78, 5) is 31.7. The van der Waals surface area contributed by atoms with Gasteiger partial charge in [-0.1, -0.05) is 32.6 Å². The number of likely N-dealkylation sites (tertiary alicyclic amines) is 1. The highest BCUT2D eigenvalue weighted by Gasteiger charge is 2.55. The van der Waals surface area contributed by atoms with Gasteiger partial charge in [-0.3, -0.25) is 14.5 Å². The summed E-state index contributed by atoms with van der Waals surface area (Å²) >= 11 is 0. The SMILES string of the molecule is CCCCN1C(=O)[C@@H]([C@H](O)C2CCCCC2)NC(=O)C12CCN(Cc1c(C)nn(-c3ccc(F)cc3F)c1C)CC2.Cl.Cl.Cl. The number of aromatic nitrogens is 2. The van der Waals surface area contributed by atoms with Crippen molar-refractivity contribution in [2.24, 2.45) is 5.92 Å². The maximum Gasteiger partial charge on any atom is 0.248 e. The summed E-state index contributed by atoms with van der Waals surface area (Å²) in [5, 5.41) is 18.7. The van der Waals surface area contributed by atoms with E-state index in [0.717, 1.165) is 68.0 Å². The van der Waals surface area contributed by atoms with Gasteiger partial charge in [-0.2, -0.15) is 5.10 Å². The summed E-state index contributed by atoms with van der Waals surface area (Å²) < 4.78 is 29.5. The van der Waals surface area contributed by atoms with Gasteiger partial charge in [0.15, 0.2) is 5.82 Å². The third-order valence-electron chi connectivity index (χ3n) is 9.61. The summed E-state index contributed by atoms with van der Waals surface area (Å²) in [5.41, 5.74) is 1.79. The third kappa shape index (κ3) is 7.35. The quantitative estimate of drug-likeness (QED) is 0.388.